The fourth-order valence-electron chi connectivity index (χ4n) is 2.92. The van der Waals surface area contributed by atoms with Gasteiger partial charge in [-0.15, -0.1) is 0 Å². The minimum atomic E-state index is 0.129. The number of carbonyl (C=O) groups is 1. The quantitative estimate of drug-likeness (QED) is 0.886. The highest BCUT2D eigenvalue weighted by molar-refractivity contribution is 5.76. The molecule has 2 heterocycles. The van der Waals surface area contributed by atoms with E-state index in [0.717, 1.165) is 18.4 Å². The van der Waals surface area contributed by atoms with Gasteiger partial charge < -0.3 is 9.84 Å². The van der Waals surface area contributed by atoms with Gasteiger partial charge in [0.15, 0.2) is 0 Å². The predicted octanol–water partition coefficient (Wildman–Crippen LogP) is 2.90. The summed E-state index contributed by atoms with van der Waals surface area (Å²) in [6, 6.07) is 4.09. The van der Waals surface area contributed by atoms with Crippen molar-refractivity contribution in [3.05, 3.63) is 30.4 Å². The first kappa shape index (κ1) is 15.6. The number of nitrogens with one attached hydrogen (secondary N) is 1. The van der Waals surface area contributed by atoms with Gasteiger partial charge in [-0.05, 0) is 31.4 Å². The molecule has 1 N–H and O–H groups in total. The Hall–Kier alpha value is -2.24. The van der Waals surface area contributed by atoms with E-state index in [1.54, 1.807) is 12.4 Å². The average molecular weight is 314 g/mol. The summed E-state index contributed by atoms with van der Waals surface area (Å²) in [5.74, 6) is 1.23. The van der Waals surface area contributed by atoms with Crippen LogP contribution in [0.15, 0.2) is 29.0 Å². The molecule has 0 radical (unpaired) electrons. The molecule has 0 spiro atoms. The number of hydrogen-bond acceptors (Lipinski definition) is 5. The third-order valence-electron chi connectivity index (χ3n) is 4.15. The van der Waals surface area contributed by atoms with Crippen LogP contribution in [0.3, 0.4) is 0 Å². The van der Waals surface area contributed by atoms with Gasteiger partial charge in [0, 0.05) is 36.8 Å². The van der Waals surface area contributed by atoms with Crippen LogP contribution in [0.2, 0.25) is 0 Å². The zero-order valence-corrected chi connectivity index (χ0v) is 13.2. The zero-order chi connectivity index (χ0) is 15.9. The van der Waals surface area contributed by atoms with E-state index in [-0.39, 0.29) is 5.91 Å². The maximum Gasteiger partial charge on any atom is 0.226 e. The van der Waals surface area contributed by atoms with E-state index >= 15 is 0 Å². The minimum Gasteiger partial charge on any atom is -0.353 e. The number of amides is 1. The van der Waals surface area contributed by atoms with Gasteiger partial charge >= 0.3 is 0 Å². The monoisotopic (exact) mass is 314 g/mol. The molecular formula is C17H22N4O2. The van der Waals surface area contributed by atoms with Gasteiger partial charge in [-0.1, -0.05) is 24.4 Å². The highest BCUT2D eigenvalue weighted by Crippen LogP contribution is 2.18. The molecule has 0 saturated heterocycles. The number of hydrogen-bond donors (Lipinski definition) is 1. The predicted molar refractivity (Wildman–Crippen MR) is 85.5 cm³/mol. The molecular weight excluding hydrogens is 292 g/mol. The highest BCUT2D eigenvalue weighted by atomic mass is 16.5. The van der Waals surface area contributed by atoms with E-state index in [4.69, 9.17) is 4.52 Å². The Balaban J connectivity index is 1.42. The minimum absolute atomic E-state index is 0.129. The van der Waals surface area contributed by atoms with E-state index in [1.165, 1.54) is 19.3 Å². The lowest BCUT2D eigenvalue weighted by Crippen LogP contribution is -2.36. The molecule has 0 unspecified atom stereocenters. The molecule has 2 aromatic rings. The summed E-state index contributed by atoms with van der Waals surface area (Å²) in [7, 11) is 0. The second-order valence-electron chi connectivity index (χ2n) is 6.01. The topological polar surface area (TPSA) is 80.9 Å². The van der Waals surface area contributed by atoms with Crippen molar-refractivity contribution in [3.8, 4) is 11.4 Å². The smallest absolute Gasteiger partial charge is 0.226 e. The van der Waals surface area contributed by atoms with Crippen molar-refractivity contribution in [3.63, 3.8) is 0 Å². The molecule has 0 bridgehead atoms. The third-order valence-corrected chi connectivity index (χ3v) is 4.15. The first-order valence-corrected chi connectivity index (χ1v) is 8.33. The Morgan fingerprint density at radius 3 is 2.96 bits per heavy atom. The van der Waals surface area contributed by atoms with Crippen LogP contribution in [0.25, 0.3) is 11.4 Å². The second-order valence-corrected chi connectivity index (χ2v) is 6.01. The molecule has 1 saturated carbocycles. The second kappa shape index (κ2) is 7.85. The van der Waals surface area contributed by atoms with Gasteiger partial charge in [-0.2, -0.15) is 4.98 Å². The zero-order valence-electron chi connectivity index (χ0n) is 13.2. The van der Waals surface area contributed by atoms with Crippen molar-refractivity contribution in [2.24, 2.45) is 0 Å². The summed E-state index contributed by atoms with van der Waals surface area (Å²) in [5.41, 5.74) is 0.831. The molecule has 0 aromatic carbocycles. The molecule has 2 aromatic heterocycles. The van der Waals surface area contributed by atoms with Crippen LogP contribution < -0.4 is 5.32 Å². The Bertz CT molecular complexity index is 621. The summed E-state index contributed by atoms with van der Waals surface area (Å²) in [6.07, 6.45) is 11.2. The van der Waals surface area contributed by atoms with Crippen LogP contribution in [-0.2, 0) is 11.2 Å². The highest BCUT2D eigenvalue weighted by Gasteiger charge is 2.15. The summed E-state index contributed by atoms with van der Waals surface area (Å²) < 4.78 is 5.23. The number of aryl methyl sites for hydroxylation is 1. The summed E-state index contributed by atoms with van der Waals surface area (Å²) in [6.45, 7) is 0. The number of pyridine rings is 1. The van der Waals surface area contributed by atoms with Gasteiger partial charge in [0.25, 0.3) is 0 Å². The lowest BCUT2D eigenvalue weighted by atomic mass is 9.95. The van der Waals surface area contributed by atoms with Crippen molar-refractivity contribution in [1.29, 1.82) is 0 Å². The van der Waals surface area contributed by atoms with Gasteiger partial charge in [-0.25, -0.2) is 0 Å². The molecule has 122 valence electrons. The van der Waals surface area contributed by atoms with E-state index < -0.39 is 0 Å². The molecule has 6 heteroatoms. The summed E-state index contributed by atoms with van der Waals surface area (Å²) in [4.78, 5) is 20.3. The number of aromatic nitrogens is 3. The molecule has 3 rings (SSSR count). The van der Waals surface area contributed by atoms with Crippen LogP contribution >= 0.6 is 0 Å². The lowest BCUT2D eigenvalue weighted by molar-refractivity contribution is -0.122. The lowest BCUT2D eigenvalue weighted by Gasteiger charge is -2.22. The molecule has 1 aliphatic rings. The van der Waals surface area contributed by atoms with Crippen LogP contribution in [0, 0.1) is 0 Å². The summed E-state index contributed by atoms with van der Waals surface area (Å²) in [5, 5.41) is 7.07. The van der Waals surface area contributed by atoms with Crippen LogP contribution in [0.1, 0.15) is 50.8 Å². The Morgan fingerprint density at radius 1 is 1.30 bits per heavy atom. The van der Waals surface area contributed by atoms with E-state index in [0.29, 0.717) is 37.0 Å². The molecule has 0 aliphatic heterocycles. The van der Waals surface area contributed by atoms with Crippen LogP contribution in [0.4, 0.5) is 0 Å². The van der Waals surface area contributed by atoms with E-state index in [9.17, 15) is 4.79 Å². The normalized spacial score (nSPS) is 15.5. The van der Waals surface area contributed by atoms with Gasteiger partial charge in [0.2, 0.25) is 17.6 Å². The number of rotatable bonds is 6. The van der Waals surface area contributed by atoms with Crippen molar-refractivity contribution >= 4 is 5.91 Å². The third kappa shape index (κ3) is 4.61. The molecule has 6 nitrogen and oxygen atoms in total. The summed E-state index contributed by atoms with van der Waals surface area (Å²) >= 11 is 0. The number of carbonyl (C=O) groups excluding carboxylic acids is 1. The van der Waals surface area contributed by atoms with Crippen LogP contribution in [-0.4, -0.2) is 27.1 Å². The Morgan fingerprint density at radius 2 is 2.17 bits per heavy atom. The fraction of sp³-hybridized carbons (Fsp3) is 0.529. The Labute approximate surface area is 135 Å². The molecule has 23 heavy (non-hydrogen) atoms. The largest absolute Gasteiger partial charge is 0.353 e. The first-order chi connectivity index (χ1) is 11.3. The number of nitrogens with zero attached hydrogens (tertiary/aromatic N) is 3. The fourth-order valence-corrected chi connectivity index (χ4v) is 2.92. The van der Waals surface area contributed by atoms with Gasteiger partial charge in [0.05, 0.1) is 0 Å². The van der Waals surface area contributed by atoms with Gasteiger partial charge in [0.1, 0.15) is 0 Å². The van der Waals surface area contributed by atoms with Crippen molar-refractivity contribution in [2.75, 3.05) is 0 Å². The molecule has 0 atom stereocenters. The molecule has 1 aliphatic carbocycles. The van der Waals surface area contributed by atoms with Gasteiger partial charge in [-0.3, -0.25) is 9.78 Å². The molecule has 1 fully saturated rings. The van der Waals surface area contributed by atoms with Crippen molar-refractivity contribution < 1.29 is 9.32 Å². The SMILES string of the molecule is O=C(CCCc1nc(-c2cccnc2)no1)NC1CCCCC1. The molecule has 1 amide bonds. The van der Waals surface area contributed by atoms with Crippen molar-refractivity contribution in [1.82, 2.24) is 20.4 Å². The Kier molecular flexibility index (Phi) is 5.34. The first-order valence-electron chi connectivity index (χ1n) is 8.33. The van der Waals surface area contributed by atoms with E-state index in [2.05, 4.69) is 20.4 Å². The van der Waals surface area contributed by atoms with Crippen molar-refractivity contribution in [2.45, 2.75) is 57.4 Å². The maximum atomic E-state index is 11.9. The van der Waals surface area contributed by atoms with Crippen LogP contribution in [0.5, 0.6) is 0 Å². The van der Waals surface area contributed by atoms with E-state index in [1.807, 2.05) is 12.1 Å². The maximum absolute atomic E-state index is 11.9. The average Bonchev–Trinajstić information content (AvgIpc) is 3.05. The standard InChI is InChI=1S/C17H22N4O2/c22-15(19-14-7-2-1-3-8-14)9-4-10-16-20-17(21-23-16)13-6-5-11-18-12-13/h5-6,11-12,14H,1-4,7-10H2,(H,19,22).